The summed E-state index contributed by atoms with van der Waals surface area (Å²) in [5.41, 5.74) is -0.783. The minimum Gasteiger partial charge on any atom is -0.444 e. The molecule has 1 N–H and O–H groups in total. The minimum absolute atomic E-state index is 0.143. The molecule has 1 aromatic carbocycles. The molecule has 2 amide bonds. The Labute approximate surface area is 203 Å². The van der Waals surface area contributed by atoms with Crippen molar-refractivity contribution >= 4 is 27.9 Å². The second-order valence-corrected chi connectivity index (χ2v) is 11.0. The SMILES string of the molecule is CCN(C)C(C(=O)N1C2CCC1CC(NC(=O)OC(C)(C)C)C2)C(F)(F)c1ccc(Br)cc1. The van der Waals surface area contributed by atoms with Crippen LogP contribution < -0.4 is 5.32 Å². The van der Waals surface area contributed by atoms with Crippen LogP contribution in [0.3, 0.4) is 0 Å². The number of fused-ring (bicyclic) bond motifs is 2. The molecule has 184 valence electrons. The van der Waals surface area contributed by atoms with E-state index in [1.165, 1.54) is 17.0 Å². The first kappa shape index (κ1) is 25.9. The smallest absolute Gasteiger partial charge is 0.407 e. The van der Waals surface area contributed by atoms with Gasteiger partial charge in [0.25, 0.3) is 5.92 Å². The summed E-state index contributed by atoms with van der Waals surface area (Å²) in [6.45, 7) is 7.48. The highest BCUT2D eigenvalue weighted by Crippen LogP contribution is 2.41. The van der Waals surface area contributed by atoms with Gasteiger partial charge in [0, 0.05) is 28.2 Å². The number of nitrogens with zero attached hydrogens (tertiary/aromatic N) is 2. The van der Waals surface area contributed by atoms with Crippen molar-refractivity contribution in [2.45, 2.75) is 89.1 Å². The average molecular weight is 530 g/mol. The van der Waals surface area contributed by atoms with Gasteiger partial charge in [0.05, 0.1) is 0 Å². The van der Waals surface area contributed by atoms with Gasteiger partial charge >= 0.3 is 6.09 Å². The summed E-state index contributed by atoms with van der Waals surface area (Å²) < 4.78 is 37.4. The van der Waals surface area contributed by atoms with Crippen LogP contribution in [-0.4, -0.2) is 65.2 Å². The summed E-state index contributed by atoms with van der Waals surface area (Å²) in [7, 11) is 1.56. The van der Waals surface area contributed by atoms with Crippen molar-refractivity contribution in [1.29, 1.82) is 0 Å². The number of amides is 2. The van der Waals surface area contributed by atoms with Crippen LogP contribution in [0.2, 0.25) is 0 Å². The van der Waals surface area contributed by atoms with E-state index in [1.807, 2.05) is 0 Å². The topological polar surface area (TPSA) is 61.9 Å². The Hall–Kier alpha value is -1.74. The van der Waals surface area contributed by atoms with E-state index < -0.39 is 29.6 Å². The molecule has 2 aliphatic heterocycles. The lowest BCUT2D eigenvalue weighted by Gasteiger charge is -2.43. The zero-order valence-electron chi connectivity index (χ0n) is 19.9. The molecule has 3 atom stereocenters. The van der Waals surface area contributed by atoms with E-state index in [1.54, 1.807) is 51.8 Å². The molecule has 2 aliphatic rings. The van der Waals surface area contributed by atoms with Crippen LogP contribution in [-0.2, 0) is 15.5 Å². The van der Waals surface area contributed by atoms with E-state index in [2.05, 4.69) is 21.2 Å². The van der Waals surface area contributed by atoms with E-state index in [4.69, 9.17) is 4.74 Å². The van der Waals surface area contributed by atoms with Gasteiger partial charge in [0.15, 0.2) is 6.04 Å². The number of nitrogens with one attached hydrogen (secondary N) is 1. The van der Waals surface area contributed by atoms with Crippen LogP contribution in [0.25, 0.3) is 0 Å². The molecular formula is C24H34BrF2N3O3. The van der Waals surface area contributed by atoms with Crippen LogP contribution >= 0.6 is 15.9 Å². The third kappa shape index (κ3) is 5.85. The zero-order valence-corrected chi connectivity index (χ0v) is 21.5. The first-order valence-corrected chi connectivity index (χ1v) is 12.3. The predicted molar refractivity (Wildman–Crippen MR) is 126 cm³/mol. The average Bonchev–Trinajstić information content (AvgIpc) is 2.97. The Balaban J connectivity index is 1.78. The molecule has 2 fully saturated rings. The number of benzene rings is 1. The van der Waals surface area contributed by atoms with Gasteiger partial charge in [-0.2, -0.15) is 8.78 Å². The molecule has 33 heavy (non-hydrogen) atoms. The normalized spacial score (nSPS) is 24.0. The summed E-state index contributed by atoms with van der Waals surface area (Å²) in [5.74, 6) is -3.90. The van der Waals surface area contributed by atoms with Crippen molar-refractivity contribution < 1.29 is 23.1 Å². The number of rotatable bonds is 6. The standard InChI is InChI=1S/C24H34BrF2N3O3/c1-6-29(5)20(24(26,27)15-7-9-16(25)10-8-15)21(31)30-18-11-12-19(30)14-17(13-18)28-22(32)33-23(2,3)4/h7-10,17-20H,6,11-14H2,1-5H3,(H,28,32). The largest absolute Gasteiger partial charge is 0.444 e. The Kier molecular flexibility index (Phi) is 7.73. The predicted octanol–water partition coefficient (Wildman–Crippen LogP) is 4.91. The number of alkyl carbamates (subject to hydrolysis) is 1. The molecule has 0 spiro atoms. The first-order valence-electron chi connectivity index (χ1n) is 11.5. The molecule has 2 bridgehead atoms. The maximum Gasteiger partial charge on any atom is 0.407 e. The fraction of sp³-hybridized carbons (Fsp3) is 0.667. The van der Waals surface area contributed by atoms with Crippen LogP contribution in [0.1, 0.15) is 58.9 Å². The quantitative estimate of drug-likeness (QED) is 0.568. The van der Waals surface area contributed by atoms with Crippen molar-refractivity contribution in [2.75, 3.05) is 13.6 Å². The Morgan fingerprint density at radius 3 is 2.21 bits per heavy atom. The number of piperidine rings is 1. The summed E-state index contributed by atoms with van der Waals surface area (Å²) in [6.07, 6.45) is 2.07. The van der Waals surface area contributed by atoms with Crippen molar-refractivity contribution in [3.05, 3.63) is 34.3 Å². The highest BCUT2D eigenvalue weighted by Gasteiger charge is 2.53. The molecule has 2 saturated heterocycles. The third-order valence-electron chi connectivity index (χ3n) is 6.45. The van der Waals surface area contributed by atoms with Gasteiger partial charge < -0.3 is 15.0 Å². The van der Waals surface area contributed by atoms with Crippen molar-refractivity contribution in [3.8, 4) is 0 Å². The highest BCUT2D eigenvalue weighted by atomic mass is 79.9. The molecule has 0 radical (unpaired) electrons. The lowest BCUT2D eigenvalue weighted by Crippen LogP contribution is -2.60. The molecule has 3 unspecified atom stereocenters. The Morgan fingerprint density at radius 2 is 1.73 bits per heavy atom. The fourth-order valence-electron chi connectivity index (χ4n) is 4.90. The molecule has 3 rings (SSSR count). The minimum atomic E-state index is -3.35. The van der Waals surface area contributed by atoms with Gasteiger partial charge in [-0.15, -0.1) is 0 Å². The molecule has 1 aromatic rings. The van der Waals surface area contributed by atoms with E-state index in [9.17, 15) is 9.59 Å². The monoisotopic (exact) mass is 529 g/mol. The van der Waals surface area contributed by atoms with E-state index in [0.29, 0.717) is 23.9 Å². The summed E-state index contributed by atoms with van der Waals surface area (Å²) in [5, 5.41) is 2.90. The van der Waals surface area contributed by atoms with Gasteiger partial charge in [-0.25, -0.2) is 4.79 Å². The van der Waals surface area contributed by atoms with Gasteiger partial charge in [-0.3, -0.25) is 9.69 Å². The number of carbonyl (C=O) groups is 2. The third-order valence-corrected chi connectivity index (χ3v) is 6.98. The number of halogens is 3. The van der Waals surface area contributed by atoms with Gasteiger partial charge in [-0.1, -0.05) is 35.0 Å². The van der Waals surface area contributed by atoms with Crippen LogP contribution in [0.5, 0.6) is 0 Å². The van der Waals surface area contributed by atoms with Crippen LogP contribution in [0.4, 0.5) is 13.6 Å². The highest BCUT2D eigenvalue weighted by molar-refractivity contribution is 9.10. The lowest BCUT2D eigenvalue weighted by molar-refractivity contribution is -0.159. The molecule has 6 nitrogen and oxygen atoms in total. The summed E-state index contributed by atoms with van der Waals surface area (Å²) >= 11 is 3.28. The molecule has 0 aromatic heterocycles. The second kappa shape index (κ2) is 9.86. The molecule has 9 heteroatoms. The van der Waals surface area contributed by atoms with Crippen LogP contribution in [0.15, 0.2) is 28.7 Å². The lowest BCUT2D eigenvalue weighted by atomic mass is 9.93. The van der Waals surface area contributed by atoms with Crippen molar-refractivity contribution in [1.82, 2.24) is 15.1 Å². The zero-order chi connectivity index (χ0) is 24.6. The van der Waals surface area contributed by atoms with Gasteiger partial charge in [-0.05, 0) is 72.2 Å². The molecular weight excluding hydrogens is 496 g/mol. The van der Waals surface area contributed by atoms with Gasteiger partial charge in [0.2, 0.25) is 5.91 Å². The Morgan fingerprint density at radius 1 is 1.18 bits per heavy atom. The second-order valence-electron chi connectivity index (χ2n) is 10.1. The van der Waals surface area contributed by atoms with E-state index >= 15 is 8.78 Å². The van der Waals surface area contributed by atoms with E-state index in [-0.39, 0.29) is 23.7 Å². The number of carbonyl (C=O) groups excluding carboxylic acids is 2. The summed E-state index contributed by atoms with van der Waals surface area (Å²) in [6, 6.07) is 3.76. The van der Waals surface area contributed by atoms with Gasteiger partial charge in [0.1, 0.15) is 5.60 Å². The van der Waals surface area contributed by atoms with Crippen molar-refractivity contribution in [3.63, 3.8) is 0 Å². The molecule has 0 saturated carbocycles. The maximum atomic E-state index is 15.7. The number of alkyl halides is 2. The summed E-state index contributed by atoms with van der Waals surface area (Å²) in [4.78, 5) is 28.9. The molecule has 2 heterocycles. The van der Waals surface area contributed by atoms with Crippen LogP contribution in [0, 0.1) is 0 Å². The Bertz CT molecular complexity index is 846. The number of ether oxygens (including phenoxy) is 1. The fourth-order valence-corrected chi connectivity index (χ4v) is 5.17. The number of hydrogen-bond donors (Lipinski definition) is 1. The first-order chi connectivity index (χ1) is 15.3. The number of hydrogen-bond acceptors (Lipinski definition) is 4. The number of likely N-dealkylation sites (N-methyl/N-ethyl adjacent to an activating group) is 1. The molecule has 0 aliphatic carbocycles. The maximum absolute atomic E-state index is 15.7. The van der Waals surface area contributed by atoms with Crippen molar-refractivity contribution in [2.24, 2.45) is 0 Å². The van der Waals surface area contributed by atoms with E-state index in [0.717, 1.165) is 12.8 Å².